The van der Waals surface area contributed by atoms with E-state index in [0.717, 1.165) is 36.4 Å². The fraction of sp³-hybridized carbons (Fsp3) is 0.500. The van der Waals surface area contributed by atoms with E-state index >= 15 is 0 Å². The van der Waals surface area contributed by atoms with E-state index in [1.165, 1.54) is 37.7 Å². The molecule has 1 atom stereocenters. The molecule has 0 heterocycles. The number of hydrogen-bond acceptors (Lipinski definition) is 2. The van der Waals surface area contributed by atoms with Crippen LogP contribution in [0.25, 0.3) is 0 Å². The average molecular weight is 354 g/mol. The van der Waals surface area contributed by atoms with Gasteiger partial charge >= 0.3 is 0 Å². The maximum atomic E-state index is 6.24. The summed E-state index contributed by atoms with van der Waals surface area (Å²) in [6.45, 7) is 6.66. The van der Waals surface area contributed by atoms with Gasteiger partial charge in [0.05, 0.1) is 11.8 Å². The van der Waals surface area contributed by atoms with Crippen molar-refractivity contribution in [3.8, 4) is 5.75 Å². The van der Waals surface area contributed by atoms with Crippen LogP contribution < -0.4 is 10.1 Å². The second kappa shape index (κ2) is 11.6. The summed E-state index contributed by atoms with van der Waals surface area (Å²) in [7, 11) is 0. The summed E-state index contributed by atoms with van der Waals surface area (Å²) in [5, 5.41) is 3.52. The van der Waals surface area contributed by atoms with E-state index < -0.39 is 0 Å². The molecule has 26 heavy (non-hydrogen) atoms. The van der Waals surface area contributed by atoms with E-state index in [1.807, 2.05) is 6.07 Å². The van der Waals surface area contributed by atoms with Gasteiger partial charge in [0.25, 0.3) is 0 Å². The van der Waals surface area contributed by atoms with Gasteiger partial charge in [0.1, 0.15) is 5.75 Å². The Hall–Kier alpha value is -1.96. The molecule has 0 amide bonds. The average Bonchev–Trinajstić information content (AvgIpc) is 2.67. The highest BCUT2D eigenvalue weighted by molar-refractivity contribution is 5.66. The standard InChI is InChI=1S/C24H35NO/c1-4-7-8-9-13-20-16-18-21(19-17-20)25-23-14-10-11-15-24(23)26-22(6-3)12-5-2/h10-11,14-19,22,25H,4-9,12-13H2,1-3H3. The molecule has 142 valence electrons. The van der Waals surface area contributed by atoms with Gasteiger partial charge in [-0.05, 0) is 55.5 Å². The van der Waals surface area contributed by atoms with Gasteiger partial charge in [0, 0.05) is 5.69 Å². The maximum Gasteiger partial charge on any atom is 0.143 e. The number of unbranched alkanes of at least 4 members (excludes halogenated alkanes) is 3. The zero-order chi connectivity index (χ0) is 18.6. The molecule has 2 nitrogen and oxygen atoms in total. The number of rotatable bonds is 12. The van der Waals surface area contributed by atoms with Crippen molar-refractivity contribution in [3.63, 3.8) is 0 Å². The first-order chi connectivity index (χ1) is 12.8. The van der Waals surface area contributed by atoms with Crippen LogP contribution in [0.4, 0.5) is 11.4 Å². The van der Waals surface area contributed by atoms with Crippen molar-refractivity contribution in [2.45, 2.75) is 78.2 Å². The van der Waals surface area contributed by atoms with Crippen molar-refractivity contribution in [3.05, 3.63) is 54.1 Å². The van der Waals surface area contributed by atoms with Gasteiger partial charge in [-0.15, -0.1) is 0 Å². The predicted octanol–water partition coefficient (Wildman–Crippen LogP) is 7.51. The number of benzene rings is 2. The Labute approximate surface area is 160 Å². The zero-order valence-electron chi connectivity index (χ0n) is 16.8. The molecule has 1 N–H and O–H groups in total. The SMILES string of the molecule is CCCCCCc1ccc(Nc2ccccc2OC(CC)CCC)cc1. The normalized spacial score (nSPS) is 12.0. The molecule has 0 aliphatic heterocycles. The van der Waals surface area contributed by atoms with Gasteiger partial charge in [0.2, 0.25) is 0 Å². The molecule has 0 spiro atoms. The number of anilines is 2. The summed E-state index contributed by atoms with van der Waals surface area (Å²) in [6.07, 6.45) is 9.99. The van der Waals surface area contributed by atoms with Crippen LogP contribution in [-0.4, -0.2) is 6.10 Å². The smallest absolute Gasteiger partial charge is 0.143 e. The largest absolute Gasteiger partial charge is 0.488 e. The van der Waals surface area contributed by atoms with Crippen LogP contribution in [0.5, 0.6) is 5.75 Å². The van der Waals surface area contributed by atoms with Crippen molar-refractivity contribution < 1.29 is 4.74 Å². The molecule has 0 saturated heterocycles. The summed E-state index contributed by atoms with van der Waals surface area (Å²) < 4.78 is 6.24. The van der Waals surface area contributed by atoms with E-state index in [1.54, 1.807) is 0 Å². The summed E-state index contributed by atoms with van der Waals surface area (Å²) >= 11 is 0. The molecular weight excluding hydrogens is 318 g/mol. The van der Waals surface area contributed by atoms with Gasteiger partial charge in [-0.2, -0.15) is 0 Å². The topological polar surface area (TPSA) is 21.3 Å². The van der Waals surface area contributed by atoms with Crippen molar-refractivity contribution in [2.75, 3.05) is 5.32 Å². The molecular formula is C24H35NO. The fourth-order valence-corrected chi connectivity index (χ4v) is 3.19. The lowest BCUT2D eigenvalue weighted by atomic mass is 10.1. The van der Waals surface area contributed by atoms with Crippen LogP contribution in [0.3, 0.4) is 0 Å². The van der Waals surface area contributed by atoms with Crippen LogP contribution in [0, 0.1) is 0 Å². The summed E-state index contributed by atoms with van der Waals surface area (Å²) in [6, 6.07) is 17.1. The van der Waals surface area contributed by atoms with Crippen LogP contribution in [0.2, 0.25) is 0 Å². The minimum atomic E-state index is 0.286. The monoisotopic (exact) mass is 353 g/mol. The lowest BCUT2D eigenvalue weighted by Gasteiger charge is -2.20. The maximum absolute atomic E-state index is 6.24. The Kier molecular flexibility index (Phi) is 9.09. The Morgan fingerprint density at radius 2 is 1.62 bits per heavy atom. The molecule has 0 aromatic heterocycles. The zero-order valence-corrected chi connectivity index (χ0v) is 16.8. The minimum absolute atomic E-state index is 0.286. The first kappa shape index (κ1) is 20.4. The van der Waals surface area contributed by atoms with Crippen molar-refractivity contribution in [1.82, 2.24) is 0 Å². The molecule has 2 aromatic rings. The number of nitrogens with one attached hydrogen (secondary N) is 1. The van der Waals surface area contributed by atoms with Gasteiger partial charge in [-0.25, -0.2) is 0 Å². The number of para-hydroxylation sites is 2. The molecule has 1 unspecified atom stereocenters. The summed E-state index contributed by atoms with van der Waals surface area (Å²) in [4.78, 5) is 0. The van der Waals surface area contributed by atoms with Crippen molar-refractivity contribution in [1.29, 1.82) is 0 Å². The molecule has 2 rings (SSSR count). The molecule has 0 aliphatic rings. The Balaban J connectivity index is 1.97. The molecule has 0 radical (unpaired) electrons. The van der Waals surface area contributed by atoms with Crippen LogP contribution >= 0.6 is 0 Å². The summed E-state index contributed by atoms with van der Waals surface area (Å²) in [5.74, 6) is 0.941. The fourth-order valence-electron chi connectivity index (χ4n) is 3.19. The third-order valence-electron chi connectivity index (χ3n) is 4.80. The number of ether oxygens (including phenoxy) is 1. The third-order valence-corrected chi connectivity index (χ3v) is 4.80. The van der Waals surface area contributed by atoms with Crippen LogP contribution in [-0.2, 0) is 6.42 Å². The molecule has 2 heteroatoms. The predicted molar refractivity (Wildman–Crippen MR) is 114 cm³/mol. The molecule has 0 bridgehead atoms. The molecule has 2 aromatic carbocycles. The minimum Gasteiger partial charge on any atom is -0.488 e. The lowest BCUT2D eigenvalue weighted by molar-refractivity contribution is 0.187. The molecule has 0 saturated carbocycles. The number of hydrogen-bond donors (Lipinski definition) is 1. The highest BCUT2D eigenvalue weighted by Gasteiger charge is 2.10. The van der Waals surface area contributed by atoms with Crippen LogP contribution in [0.1, 0.15) is 71.3 Å². The number of aryl methyl sites for hydroxylation is 1. The Morgan fingerprint density at radius 3 is 2.31 bits per heavy atom. The van der Waals surface area contributed by atoms with E-state index in [4.69, 9.17) is 4.74 Å². The first-order valence-corrected chi connectivity index (χ1v) is 10.4. The highest BCUT2D eigenvalue weighted by Crippen LogP contribution is 2.29. The lowest BCUT2D eigenvalue weighted by Crippen LogP contribution is -2.15. The highest BCUT2D eigenvalue weighted by atomic mass is 16.5. The van der Waals surface area contributed by atoms with Gasteiger partial charge in [-0.3, -0.25) is 0 Å². The first-order valence-electron chi connectivity index (χ1n) is 10.4. The van der Waals surface area contributed by atoms with Gasteiger partial charge in [-0.1, -0.05) is 70.7 Å². The molecule has 0 fully saturated rings. The van der Waals surface area contributed by atoms with E-state index in [-0.39, 0.29) is 6.10 Å². The Bertz CT molecular complexity index is 620. The van der Waals surface area contributed by atoms with Crippen molar-refractivity contribution >= 4 is 11.4 Å². The van der Waals surface area contributed by atoms with E-state index in [2.05, 4.69) is 68.6 Å². The second-order valence-electron chi connectivity index (χ2n) is 7.07. The quantitative estimate of drug-likeness (QED) is 0.399. The van der Waals surface area contributed by atoms with Crippen molar-refractivity contribution in [2.24, 2.45) is 0 Å². The van der Waals surface area contributed by atoms with E-state index in [0.29, 0.717) is 0 Å². The van der Waals surface area contributed by atoms with Gasteiger partial charge < -0.3 is 10.1 Å². The molecule has 0 aliphatic carbocycles. The van der Waals surface area contributed by atoms with E-state index in [9.17, 15) is 0 Å². The third kappa shape index (κ3) is 6.74. The Morgan fingerprint density at radius 1 is 0.846 bits per heavy atom. The van der Waals surface area contributed by atoms with Crippen LogP contribution in [0.15, 0.2) is 48.5 Å². The van der Waals surface area contributed by atoms with Gasteiger partial charge in [0.15, 0.2) is 0 Å². The second-order valence-corrected chi connectivity index (χ2v) is 7.07. The summed E-state index contributed by atoms with van der Waals surface area (Å²) in [5.41, 5.74) is 3.57.